The molecule has 0 amide bonds. The fourth-order valence-corrected chi connectivity index (χ4v) is 3.40. The number of fused-ring (bicyclic) bond motifs is 1. The highest BCUT2D eigenvalue weighted by atomic mass is 15.4. The van der Waals surface area contributed by atoms with Gasteiger partial charge in [-0.25, -0.2) is 5.43 Å². The van der Waals surface area contributed by atoms with Gasteiger partial charge in [-0.2, -0.15) is 20.1 Å². The van der Waals surface area contributed by atoms with Gasteiger partial charge in [0.2, 0.25) is 17.8 Å². The van der Waals surface area contributed by atoms with Crippen molar-refractivity contribution in [3.63, 3.8) is 0 Å². The molecule has 162 valence electrons. The first-order chi connectivity index (χ1) is 16.2. The van der Waals surface area contributed by atoms with Gasteiger partial charge >= 0.3 is 0 Å². The zero-order valence-electron chi connectivity index (χ0n) is 17.9. The van der Waals surface area contributed by atoms with Gasteiger partial charge in [-0.05, 0) is 37.3 Å². The molecule has 2 heterocycles. The molecule has 0 saturated heterocycles. The summed E-state index contributed by atoms with van der Waals surface area (Å²) in [5.74, 6) is 1.12. The Morgan fingerprint density at radius 3 is 1.88 bits per heavy atom. The van der Waals surface area contributed by atoms with Gasteiger partial charge in [0.05, 0.1) is 5.71 Å². The molecule has 0 unspecified atom stereocenters. The minimum absolute atomic E-state index is 0.320. The van der Waals surface area contributed by atoms with Crippen molar-refractivity contribution in [1.29, 1.82) is 0 Å². The molecule has 0 bridgehead atoms. The predicted molar refractivity (Wildman–Crippen MR) is 133 cm³/mol. The molecule has 0 radical (unpaired) electrons. The lowest BCUT2D eigenvalue weighted by Crippen LogP contribution is -2.08. The van der Waals surface area contributed by atoms with Crippen LogP contribution >= 0.6 is 0 Å². The van der Waals surface area contributed by atoms with Crippen LogP contribution in [0.15, 0.2) is 96.2 Å². The number of benzene rings is 3. The monoisotopic (exact) mass is 434 g/mol. The summed E-state index contributed by atoms with van der Waals surface area (Å²) >= 11 is 0. The third-order valence-electron chi connectivity index (χ3n) is 5.00. The third-order valence-corrected chi connectivity index (χ3v) is 5.00. The van der Waals surface area contributed by atoms with E-state index < -0.39 is 0 Å². The minimum Gasteiger partial charge on any atom is -0.360 e. The summed E-state index contributed by atoms with van der Waals surface area (Å²) in [5.41, 5.74) is 7.61. The number of rotatable bonds is 7. The van der Waals surface area contributed by atoms with Crippen LogP contribution in [0.1, 0.15) is 12.5 Å². The molecule has 33 heavy (non-hydrogen) atoms. The lowest BCUT2D eigenvalue weighted by atomic mass is 10.1. The Balaban J connectivity index is 1.44. The topological polar surface area (TPSA) is 103 Å². The van der Waals surface area contributed by atoms with Gasteiger partial charge in [-0.1, -0.05) is 54.6 Å². The minimum atomic E-state index is 0.320. The van der Waals surface area contributed by atoms with E-state index in [1.165, 1.54) is 0 Å². The van der Waals surface area contributed by atoms with Crippen LogP contribution in [-0.4, -0.2) is 25.6 Å². The molecule has 3 aromatic carbocycles. The van der Waals surface area contributed by atoms with E-state index in [-0.39, 0.29) is 0 Å². The Labute approximate surface area is 190 Å². The van der Waals surface area contributed by atoms with Crippen molar-refractivity contribution in [1.82, 2.24) is 19.9 Å². The number of aromatic nitrogens is 4. The average molecular weight is 435 g/mol. The van der Waals surface area contributed by atoms with Gasteiger partial charge in [0.25, 0.3) is 0 Å². The summed E-state index contributed by atoms with van der Waals surface area (Å²) in [4.78, 5) is 16.7. The van der Waals surface area contributed by atoms with Crippen molar-refractivity contribution in [2.24, 2.45) is 5.10 Å². The normalized spacial score (nSPS) is 11.4. The number of anilines is 5. The average Bonchev–Trinajstić information content (AvgIpc) is 3.28. The van der Waals surface area contributed by atoms with Gasteiger partial charge in [0, 0.05) is 34.0 Å². The van der Waals surface area contributed by atoms with Crippen LogP contribution in [0.3, 0.4) is 0 Å². The van der Waals surface area contributed by atoms with Gasteiger partial charge < -0.3 is 15.6 Å². The van der Waals surface area contributed by atoms with Crippen molar-refractivity contribution in [2.75, 3.05) is 16.1 Å². The number of hydrogen-bond donors (Lipinski definition) is 4. The summed E-state index contributed by atoms with van der Waals surface area (Å²) in [5, 5.41) is 12.1. The molecule has 2 aromatic heterocycles. The van der Waals surface area contributed by atoms with Gasteiger partial charge in [0.15, 0.2) is 0 Å². The molecule has 0 aliphatic carbocycles. The highest BCUT2D eigenvalue weighted by molar-refractivity contribution is 6.09. The van der Waals surface area contributed by atoms with Gasteiger partial charge in [-0.15, -0.1) is 0 Å². The second kappa shape index (κ2) is 9.19. The summed E-state index contributed by atoms with van der Waals surface area (Å²) in [6.45, 7) is 1.94. The highest BCUT2D eigenvalue weighted by Gasteiger charge is 2.09. The molecule has 0 fully saturated rings. The Morgan fingerprint density at radius 2 is 1.24 bits per heavy atom. The Kier molecular flexibility index (Phi) is 5.62. The van der Waals surface area contributed by atoms with Gasteiger partial charge in [-0.3, -0.25) is 0 Å². The lowest BCUT2D eigenvalue weighted by Gasteiger charge is -2.10. The largest absolute Gasteiger partial charge is 0.360 e. The molecule has 0 saturated carbocycles. The Bertz CT molecular complexity index is 1330. The van der Waals surface area contributed by atoms with E-state index in [1.807, 2.05) is 92.0 Å². The summed E-state index contributed by atoms with van der Waals surface area (Å²) in [6.07, 6.45) is 1.95. The fourth-order valence-electron chi connectivity index (χ4n) is 3.40. The maximum absolute atomic E-state index is 4.52. The first kappa shape index (κ1) is 20.2. The van der Waals surface area contributed by atoms with E-state index >= 15 is 0 Å². The molecule has 8 heteroatoms. The molecular formula is C25H22N8. The highest BCUT2D eigenvalue weighted by Crippen LogP contribution is 2.20. The van der Waals surface area contributed by atoms with Crippen LogP contribution in [0, 0.1) is 0 Å². The summed E-state index contributed by atoms with van der Waals surface area (Å²) < 4.78 is 0. The number of aromatic amines is 1. The van der Waals surface area contributed by atoms with Crippen molar-refractivity contribution in [3.8, 4) is 0 Å². The van der Waals surface area contributed by atoms with Crippen molar-refractivity contribution >= 4 is 45.8 Å². The summed E-state index contributed by atoms with van der Waals surface area (Å²) in [7, 11) is 0. The predicted octanol–water partition coefficient (Wildman–Crippen LogP) is 5.68. The molecule has 8 nitrogen and oxygen atoms in total. The molecule has 0 aliphatic rings. The lowest BCUT2D eigenvalue weighted by molar-refractivity contribution is 1.04. The second-order valence-electron chi connectivity index (χ2n) is 7.35. The maximum atomic E-state index is 4.52. The number of hydrogen-bond acceptors (Lipinski definition) is 7. The third kappa shape index (κ3) is 4.80. The van der Waals surface area contributed by atoms with E-state index in [0.717, 1.165) is 33.6 Å². The fraction of sp³-hybridized carbons (Fsp3) is 0.0400. The molecule has 0 aliphatic heterocycles. The quantitative estimate of drug-likeness (QED) is 0.194. The first-order valence-corrected chi connectivity index (χ1v) is 10.5. The number of para-hydroxylation sites is 3. The van der Waals surface area contributed by atoms with Crippen molar-refractivity contribution in [2.45, 2.75) is 6.92 Å². The standard InChI is InChI=1S/C25H22N8/c1-17(21-16-26-22-15-9-8-14-20(21)22)32-33-25-30-23(27-18-10-4-2-5-11-18)29-24(31-25)28-19-12-6-3-7-13-19/h2-16,26H,1H3,(H3,27,28,29,30,31,33)/b32-17-. The molecule has 5 rings (SSSR count). The van der Waals surface area contributed by atoms with Gasteiger partial charge in [0.1, 0.15) is 0 Å². The number of hydrazone groups is 1. The van der Waals surface area contributed by atoms with E-state index in [9.17, 15) is 0 Å². The number of nitrogens with one attached hydrogen (secondary N) is 4. The smallest absolute Gasteiger partial charge is 0.250 e. The van der Waals surface area contributed by atoms with Crippen molar-refractivity contribution < 1.29 is 0 Å². The second-order valence-corrected chi connectivity index (χ2v) is 7.35. The number of nitrogens with zero attached hydrogens (tertiary/aromatic N) is 4. The zero-order chi connectivity index (χ0) is 22.5. The van der Waals surface area contributed by atoms with E-state index in [2.05, 4.69) is 47.2 Å². The molecule has 5 aromatic rings. The van der Waals surface area contributed by atoms with Crippen LogP contribution in [0.4, 0.5) is 29.2 Å². The Hall–Kier alpha value is -4.72. The van der Waals surface area contributed by atoms with Crippen molar-refractivity contribution in [3.05, 3.63) is 96.7 Å². The molecule has 0 spiro atoms. The van der Waals surface area contributed by atoms with E-state index in [1.54, 1.807) is 0 Å². The zero-order valence-corrected chi connectivity index (χ0v) is 17.9. The van der Waals surface area contributed by atoms with E-state index in [4.69, 9.17) is 0 Å². The van der Waals surface area contributed by atoms with Crippen LogP contribution < -0.4 is 16.1 Å². The molecule has 0 atom stereocenters. The molecular weight excluding hydrogens is 412 g/mol. The SMILES string of the molecule is C/C(=N/Nc1nc(Nc2ccccc2)nc(Nc2ccccc2)n1)c1c[nH]c2ccccc12. The van der Waals surface area contributed by atoms with Crippen LogP contribution in [0.25, 0.3) is 10.9 Å². The molecule has 4 N–H and O–H groups in total. The summed E-state index contributed by atoms with van der Waals surface area (Å²) in [6, 6.07) is 27.6. The first-order valence-electron chi connectivity index (χ1n) is 10.5. The van der Waals surface area contributed by atoms with Crippen LogP contribution in [-0.2, 0) is 0 Å². The Morgan fingerprint density at radius 1 is 0.697 bits per heavy atom. The van der Waals surface area contributed by atoms with Crippen LogP contribution in [0.5, 0.6) is 0 Å². The number of H-pyrrole nitrogens is 1. The van der Waals surface area contributed by atoms with E-state index in [0.29, 0.717) is 17.8 Å². The maximum Gasteiger partial charge on any atom is 0.250 e. The van der Waals surface area contributed by atoms with Crippen LogP contribution in [0.2, 0.25) is 0 Å².